The first-order valence-electron chi connectivity index (χ1n) is 5.40. The van der Waals surface area contributed by atoms with Crippen LogP contribution in [0.15, 0.2) is 27.4 Å². The van der Waals surface area contributed by atoms with Crippen molar-refractivity contribution in [1.82, 2.24) is 4.98 Å². The fourth-order valence-corrected chi connectivity index (χ4v) is 2.46. The molecule has 2 N–H and O–H groups in total. The van der Waals surface area contributed by atoms with Crippen LogP contribution in [0.3, 0.4) is 0 Å². The van der Waals surface area contributed by atoms with Crippen LogP contribution in [0.5, 0.6) is 0 Å². The van der Waals surface area contributed by atoms with Crippen molar-refractivity contribution in [3.8, 4) is 0 Å². The van der Waals surface area contributed by atoms with Crippen LogP contribution in [-0.2, 0) is 5.41 Å². The summed E-state index contributed by atoms with van der Waals surface area (Å²) in [4.78, 5) is 13.6. The Morgan fingerprint density at radius 2 is 2.38 bits per heavy atom. The van der Waals surface area contributed by atoms with Gasteiger partial charge in [-0.1, -0.05) is 13.0 Å². The second-order valence-electron chi connectivity index (χ2n) is 4.64. The largest absolute Gasteiger partial charge is 0.417 e. The van der Waals surface area contributed by atoms with Crippen LogP contribution < -0.4 is 5.76 Å². The number of aliphatic hydroxyl groups is 1. The minimum Gasteiger partial charge on any atom is -0.408 e. The molecule has 0 aliphatic heterocycles. The van der Waals surface area contributed by atoms with Crippen molar-refractivity contribution in [2.45, 2.75) is 18.8 Å². The summed E-state index contributed by atoms with van der Waals surface area (Å²) in [7, 11) is 0. The zero-order valence-corrected chi connectivity index (χ0v) is 8.99. The van der Waals surface area contributed by atoms with Crippen molar-refractivity contribution >= 4 is 11.1 Å². The van der Waals surface area contributed by atoms with Gasteiger partial charge in [-0.25, -0.2) is 4.79 Å². The summed E-state index contributed by atoms with van der Waals surface area (Å²) in [6.45, 7) is 2.27. The summed E-state index contributed by atoms with van der Waals surface area (Å²) in [5, 5.41) is 9.46. The number of hydrogen-bond acceptors (Lipinski definition) is 3. The van der Waals surface area contributed by atoms with Gasteiger partial charge in [-0.15, -0.1) is 0 Å². The zero-order chi connectivity index (χ0) is 11.3. The molecule has 1 aliphatic carbocycles. The number of oxazole rings is 1. The van der Waals surface area contributed by atoms with Crippen LogP contribution in [0.4, 0.5) is 0 Å². The number of fused-ring (bicyclic) bond motifs is 1. The number of H-pyrrole nitrogens is 1. The molecule has 0 saturated heterocycles. The Bertz CT molecular complexity index is 594. The molecule has 1 aliphatic rings. The lowest BCUT2D eigenvalue weighted by atomic mass is 9.94. The maximum Gasteiger partial charge on any atom is 0.417 e. The third-order valence-corrected chi connectivity index (χ3v) is 3.73. The lowest BCUT2D eigenvalue weighted by Gasteiger charge is -2.13. The second kappa shape index (κ2) is 2.98. The van der Waals surface area contributed by atoms with Gasteiger partial charge >= 0.3 is 5.76 Å². The van der Waals surface area contributed by atoms with Gasteiger partial charge in [0.25, 0.3) is 0 Å². The standard InChI is InChI=1S/C12H13NO3/c1-7-5-12(7,6-14)8-2-3-9-10(4-8)16-11(15)13-9/h2-4,7,14H,5-6H2,1H3,(H,13,15). The van der Waals surface area contributed by atoms with Gasteiger partial charge in [0, 0.05) is 5.41 Å². The molecule has 4 heteroatoms. The third-order valence-electron chi connectivity index (χ3n) is 3.73. The molecular formula is C12H13NO3. The van der Waals surface area contributed by atoms with E-state index < -0.39 is 5.76 Å². The normalized spacial score (nSPS) is 28.5. The molecule has 16 heavy (non-hydrogen) atoms. The van der Waals surface area contributed by atoms with Crippen molar-refractivity contribution in [2.24, 2.45) is 5.92 Å². The molecule has 84 valence electrons. The highest BCUT2D eigenvalue weighted by atomic mass is 16.4. The highest BCUT2D eigenvalue weighted by Gasteiger charge is 2.51. The van der Waals surface area contributed by atoms with Crippen LogP contribution in [0.1, 0.15) is 18.9 Å². The van der Waals surface area contributed by atoms with E-state index in [1.165, 1.54) is 0 Å². The average molecular weight is 219 g/mol. The molecule has 0 spiro atoms. The summed E-state index contributed by atoms with van der Waals surface area (Å²) in [5.74, 6) is 0.0506. The molecule has 1 fully saturated rings. The first kappa shape index (κ1) is 9.66. The van der Waals surface area contributed by atoms with Crippen LogP contribution in [0, 0.1) is 5.92 Å². The molecule has 0 bridgehead atoms. The molecule has 2 aromatic rings. The Balaban J connectivity index is 2.15. The van der Waals surface area contributed by atoms with Gasteiger partial charge < -0.3 is 9.52 Å². The summed E-state index contributed by atoms with van der Waals surface area (Å²) in [5.41, 5.74) is 2.20. The number of nitrogens with one attached hydrogen (secondary N) is 1. The summed E-state index contributed by atoms with van der Waals surface area (Å²) in [6, 6.07) is 5.64. The molecule has 1 aromatic carbocycles. The molecule has 3 rings (SSSR count). The van der Waals surface area contributed by atoms with Gasteiger partial charge in [-0.2, -0.15) is 0 Å². The van der Waals surface area contributed by atoms with Gasteiger partial charge in [0.2, 0.25) is 0 Å². The molecule has 4 nitrogen and oxygen atoms in total. The van der Waals surface area contributed by atoms with Gasteiger partial charge in [0.1, 0.15) is 0 Å². The van der Waals surface area contributed by atoms with Gasteiger partial charge in [-0.05, 0) is 30.0 Å². The SMILES string of the molecule is CC1CC1(CO)c1ccc2[nH]c(=O)oc2c1. The minimum atomic E-state index is -0.436. The maximum absolute atomic E-state index is 11.0. The number of rotatable bonds is 2. The highest BCUT2D eigenvalue weighted by molar-refractivity contribution is 5.73. The monoisotopic (exact) mass is 219 g/mol. The Kier molecular flexibility index (Phi) is 1.80. The lowest BCUT2D eigenvalue weighted by Crippen LogP contribution is -2.14. The predicted octanol–water partition coefficient (Wildman–Crippen LogP) is 1.39. The second-order valence-corrected chi connectivity index (χ2v) is 4.64. The van der Waals surface area contributed by atoms with Crippen molar-refractivity contribution < 1.29 is 9.52 Å². The van der Waals surface area contributed by atoms with E-state index in [9.17, 15) is 9.90 Å². The molecular weight excluding hydrogens is 206 g/mol. The highest BCUT2D eigenvalue weighted by Crippen LogP contribution is 2.53. The number of aromatic nitrogens is 1. The van der Waals surface area contributed by atoms with E-state index in [0.29, 0.717) is 17.0 Å². The Labute approximate surface area is 91.9 Å². The molecule has 0 amide bonds. The van der Waals surface area contributed by atoms with Gasteiger partial charge in [0.15, 0.2) is 5.58 Å². The number of benzene rings is 1. The van der Waals surface area contributed by atoms with Gasteiger partial charge in [0.05, 0.1) is 12.1 Å². The number of aliphatic hydroxyl groups excluding tert-OH is 1. The van der Waals surface area contributed by atoms with E-state index in [-0.39, 0.29) is 12.0 Å². The Morgan fingerprint density at radius 3 is 3.00 bits per heavy atom. The molecule has 1 aromatic heterocycles. The van der Waals surface area contributed by atoms with E-state index in [1.54, 1.807) is 0 Å². The van der Waals surface area contributed by atoms with Crippen molar-refractivity contribution in [2.75, 3.05) is 6.61 Å². The van der Waals surface area contributed by atoms with E-state index in [4.69, 9.17) is 4.42 Å². The summed E-state index contributed by atoms with van der Waals surface area (Å²) >= 11 is 0. The third kappa shape index (κ3) is 1.16. The molecule has 0 radical (unpaired) electrons. The van der Waals surface area contributed by atoms with E-state index in [0.717, 1.165) is 12.0 Å². The van der Waals surface area contributed by atoms with E-state index >= 15 is 0 Å². The first-order valence-corrected chi connectivity index (χ1v) is 5.40. The summed E-state index contributed by atoms with van der Waals surface area (Å²) < 4.78 is 5.02. The fourth-order valence-electron chi connectivity index (χ4n) is 2.46. The average Bonchev–Trinajstić information content (AvgIpc) is 2.79. The number of aromatic amines is 1. The molecule has 1 heterocycles. The number of hydrogen-bond donors (Lipinski definition) is 2. The Hall–Kier alpha value is -1.55. The first-order chi connectivity index (χ1) is 7.65. The van der Waals surface area contributed by atoms with E-state index in [1.807, 2.05) is 18.2 Å². The maximum atomic E-state index is 11.0. The van der Waals surface area contributed by atoms with E-state index in [2.05, 4.69) is 11.9 Å². The predicted molar refractivity (Wildman–Crippen MR) is 59.4 cm³/mol. The zero-order valence-electron chi connectivity index (χ0n) is 8.99. The summed E-state index contributed by atoms with van der Waals surface area (Å²) in [6.07, 6.45) is 0.990. The molecule has 2 unspecified atom stereocenters. The Morgan fingerprint density at radius 1 is 1.62 bits per heavy atom. The molecule has 1 saturated carbocycles. The lowest BCUT2D eigenvalue weighted by molar-refractivity contribution is 0.247. The van der Waals surface area contributed by atoms with Crippen LogP contribution in [0.2, 0.25) is 0 Å². The van der Waals surface area contributed by atoms with Crippen molar-refractivity contribution in [3.05, 3.63) is 34.3 Å². The van der Waals surface area contributed by atoms with Crippen molar-refractivity contribution in [3.63, 3.8) is 0 Å². The minimum absolute atomic E-state index is 0.121. The van der Waals surface area contributed by atoms with Gasteiger partial charge in [-0.3, -0.25) is 4.98 Å². The quantitative estimate of drug-likeness (QED) is 0.802. The van der Waals surface area contributed by atoms with Crippen LogP contribution in [-0.4, -0.2) is 16.7 Å². The van der Waals surface area contributed by atoms with Crippen LogP contribution in [0.25, 0.3) is 11.1 Å². The van der Waals surface area contributed by atoms with Crippen molar-refractivity contribution in [1.29, 1.82) is 0 Å². The smallest absolute Gasteiger partial charge is 0.408 e. The fraction of sp³-hybridized carbons (Fsp3) is 0.417. The van der Waals surface area contributed by atoms with Crippen LogP contribution >= 0.6 is 0 Å². The topological polar surface area (TPSA) is 66.2 Å². The molecule has 2 atom stereocenters.